The van der Waals surface area contributed by atoms with Gasteiger partial charge in [0, 0.05) is 18.0 Å². The zero-order chi connectivity index (χ0) is 9.40. The van der Waals surface area contributed by atoms with Crippen LogP contribution < -0.4 is 0 Å². The third kappa shape index (κ3) is 8.09. The predicted molar refractivity (Wildman–Crippen MR) is 55.2 cm³/mol. The van der Waals surface area contributed by atoms with Crippen molar-refractivity contribution in [1.82, 2.24) is 0 Å². The molecule has 0 fully saturated rings. The van der Waals surface area contributed by atoms with Crippen molar-refractivity contribution in [2.45, 2.75) is 17.4 Å². The van der Waals surface area contributed by atoms with Crippen LogP contribution in [0.3, 0.4) is 0 Å². The number of rotatable bonds is 7. The summed E-state index contributed by atoms with van der Waals surface area (Å²) in [6, 6.07) is 0. The van der Waals surface area contributed by atoms with E-state index in [0.29, 0.717) is 0 Å². The van der Waals surface area contributed by atoms with Crippen molar-refractivity contribution in [3.8, 4) is 0 Å². The summed E-state index contributed by atoms with van der Waals surface area (Å²) < 4.78 is 16.3. The van der Waals surface area contributed by atoms with Crippen LogP contribution in [-0.4, -0.2) is 62.6 Å². The minimum Gasteiger partial charge on any atom is -0.638 e. The van der Waals surface area contributed by atoms with E-state index in [1.807, 2.05) is 0 Å². The quantitative estimate of drug-likeness (QED) is 0.578. The zero-order valence-corrected chi connectivity index (χ0v) is 12.2. The van der Waals surface area contributed by atoms with Gasteiger partial charge in [0.1, 0.15) is 0 Å². The summed E-state index contributed by atoms with van der Waals surface area (Å²) in [5.74, 6) is 6.49. The van der Waals surface area contributed by atoms with Crippen LogP contribution in [0.2, 0.25) is 17.4 Å². The largest absolute Gasteiger partial charge is 0.638 e. The van der Waals surface area contributed by atoms with Crippen LogP contribution in [0.4, 0.5) is 0 Å². The Hall–Kier alpha value is 1.48. The van der Waals surface area contributed by atoms with E-state index in [9.17, 15) is 0 Å². The topological polar surface area (TPSA) is 27.7 Å². The first-order valence-electron chi connectivity index (χ1n) is 4.42. The molecule has 0 aliphatic rings. The Morgan fingerprint density at radius 1 is 1.17 bits per heavy atom. The van der Waals surface area contributed by atoms with E-state index >= 15 is 0 Å². The van der Waals surface area contributed by atoms with E-state index in [4.69, 9.17) is 11.4 Å². The smallest absolute Gasteiger partial charge is 0.485 e. The molecule has 0 aliphatic heterocycles. The fourth-order valence-electron chi connectivity index (χ4n) is 0.801. The molecular weight excluding hydrogens is 201 g/mol. The number of hydrogen-bond donors (Lipinski definition) is 0. The van der Waals surface area contributed by atoms with Gasteiger partial charge in [-0.1, -0.05) is 17.4 Å². The molecule has 0 heterocycles. The summed E-state index contributed by atoms with van der Waals surface area (Å²) in [5, 5.41) is 0. The number of hydrogen-bond acceptors (Lipinski definition) is 3. The van der Waals surface area contributed by atoms with Crippen molar-refractivity contribution in [3.63, 3.8) is 0 Å². The van der Waals surface area contributed by atoms with Crippen molar-refractivity contribution < 1.29 is 11.4 Å². The summed E-state index contributed by atoms with van der Waals surface area (Å²) in [4.78, 5) is 0. The molecule has 0 saturated carbocycles. The highest BCUT2D eigenvalue weighted by Crippen LogP contribution is 1.89. The molecule has 0 radical (unpaired) electrons. The second-order valence-electron chi connectivity index (χ2n) is 2.85. The van der Waals surface area contributed by atoms with Gasteiger partial charge in [0.25, 0.3) is 0 Å². The fraction of sp³-hybridized carbons (Fsp3) is 1.00. The highest BCUT2D eigenvalue weighted by Gasteiger charge is 2.15. The van der Waals surface area contributed by atoms with Gasteiger partial charge in [0.15, 0.2) is 0 Å². The van der Waals surface area contributed by atoms with Gasteiger partial charge in [-0.3, -0.25) is 0 Å². The Morgan fingerprint density at radius 3 is 2.25 bits per heavy atom. The van der Waals surface area contributed by atoms with Gasteiger partial charge >= 0.3 is 44.5 Å². The molecule has 0 aromatic heterocycles. The van der Waals surface area contributed by atoms with Crippen LogP contribution in [0.5, 0.6) is 0 Å². The molecule has 0 aromatic carbocycles. The summed E-state index contributed by atoms with van der Waals surface area (Å²) in [7, 11) is 1.76. The Balaban J connectivity index is 3.18. The molecule has 0 amide bonds. The predicted octanol–water partition coefficient (Wildman–Crippen LogP) is 0.387. The van der Waals surface area contributed by atoms with Crippen LogP contribution in [0.15, 0.2) is 0 Å². The van der Waals surface area contributed by atoms with Crippen molar-refractivity contribution >= 4 is 44.5 Å². The molecule has 0 saturated heterocycles. The molecule has 0 unspecified atom stereocenters. The molecule has 0 N–H and O–H groups in total. The standard InChI is InChI=1S/C2H4O.CH3O.3CH3.3Al.O.H/c1-3-2;1-2;;;;;;;;/h1-2H2;1H3;3*1H3;;;;;/q;-1;;;;;;+1;;. The average Bonchev–Trinajstić information content (AvgIpc) is 2.04. The Bertz CT molecular complexity index is 104. The molecule has 3 nitrogen and oxygen atoms in total. The molecule has 12 heavy (non-hydrogen) atoms. The van der Waals surface area contributed by atoms with Crippen LogP contribution in [-0.2, 0) is 11.4 Å². The first-order valence-corrected chi connectivity index (χ1v) is 11.3. The van der Waals surface area contributed by atoms with Crippen LogP contribution >= 0.6 is 0 Å². The summed E-state index contributed by atoms with van der Waals surface area (Å²) in [5.41, 5.74) is 1.67. The lowest BCUT2D eigenvalue weighted by Gasteiger charge is -2.09. The van der Waals surface area contributed by atoms with E-state index in [-0.39, 0.29) is 15.6 Å². The van der Waals surface area contributed by atoms with E-state index in [2.05, 4.69) is 17.4 Å². The summed E-state index contributed by atoms with van der Waals surface area (Å²) in [6.07, 6.45) is 0. The van der Waals surface area contributed by atoms with E-state index < -0.39 is 29.0 Å². The maximum absolute atomic E-state index is 5.58. The lowest BCUT2D eigenvalue weighted by atomic mass is 11.5. The molecule has 0 bridgehead atoms. The summed E-state index contributed by atoms with van der Waals surface area (Å²) in [6.45, 7) is 0. The van der Waals surface area contributed by atoms with Gasteiger partial charge in [0.2, 0.25) is 0 Å². The van der Waals surface area contributed by atoms with E-state index in [1.54, 1.807) is 7.11 Å². The molecular formula is C6H17Al3O3. The highest BCUT2D eigenvalue weighted by atomic mass is 27.3. The van der Waals surface area contributed by atoms with Crippen molar-refractivity contribution in [3.05, 3.63) is 0 Å². The Kier molecular flexibility index (Phi) is 10.2. The highest BCUT2D eigenvalue weighted by molar-refractivity contribution is 6.57. The first kappa shape index (κ1) is 13.5. The SMILES string of the molecule is C[O][Al]([CH3])[CH2]O[CH2][Al]([CH3])[O][AlH][CH3]. The summed E-state index contributed by atoms with van der Waals surface area (Å²) >= 11 is -2.19. The van der Waals surface area contributed by atoms with Crippen molar-refractivity contribution in [1.29, 1.82) is 0 Å². The molecule has 0 atom stereocenters. The zero-order valence-electron chi connectivity index (χ0n) is 8.50. The normalized spacial score (nSPS) is 9.67. The minimum absolute atomic E-state index is 0.224. The Labute approximate surface area is 90.9 Å². The monoisotopic (exact) mass is 218 g/mol. The fourth-order valence-corrected chi connectivity index (χ4v) is 4.81. The van der Waals surface area contributed by atoms with Crippen LogP contribution in [0.1, 0.15) is 0 Å². The molecule has 68 valence electrons. The van der Waals surface area contributed by atoms with Gasteiger partial charge in [-0.15, -0.1) is 0 Å². The van der Waals surface area contributed by atoms with Gasteiger partial charge in [-0.05, 0) is 0 Å². The minimum atomic E-state index is -1.00. The third-order valence-electron chi connectivity index (χ3n) is 1.56. The average molecular weight is 218 g/mol. The second-order valence-corrected chi connectivity index (χ2v) is 9.14. The van der Waals surface area contributed by atoms with Crippen LogP contribution in [0, 0.1) is 0 Å². The Morgan fingerprint density at radius 2 is 1.75 bits per heavy atom. The molecule has 0 aliphatic carbocycles. The third-order valence-corrected chi connectivity index (χ3v) is 7.38. The van der Waals surface area contributed by atoms with Crippen LogP contribution in [0.25, 0.3) is 0 Å². The lowest BCUT2D eigenvalue weighted by Crippen LogP contribution is -2.27. The van der Waals surface area contributed by atoms with E-state index in [0.717, 1.165) is 10.9 Å². The molecule has 0 rings (SSSR count). The second kappa shape index (κ2) is 9.05. The molecule has 0 spiro atoms. The maximum Gasteiger partial charge on any atom is 0.485 e. The lowest BCUT2D eigenvalue weighted by molar-refractivity contribution is 0.200. The maximum atomic E-state index is 5.58. The number of ether oxygens (including phenoxy) is 1. The van der Waals surface area contributed by atoms with Gasteiger partial charge in [-0.25, -0.2) is 0 Å². The van der Waals surface area contributed by atoms with Gasteiger partial charge < -0.3 is 11.4 Å². The van der Waals surface area contributed by atoms with Crippen molar-refractivity contribution in [2.24, 2.45) is 0 Å². The first-order chi connectivity index (χ1) is 5.70. The van der Waals surface area contributed by atoms with Gasteiger partial charge in [0.05, 0.1) is 0 Å². The van der Waals surface area contributed by atoms with Crippen molar-refractivity contribution in [2.75, 3.05) is 18.0 Å². The van der Waals surface area contributed by atoms with Gasteiger partial charge in [-0.2, -0.15) is 0 Å². The van der Waals surface area contributed by atoms with E-state index in [1.165, 1.54) is 0 Å². The molecule has 6 heteroatoms. The molecule has 0 aromatic rings.